The first-order valence-electron chi connectivity index (χ1n) is 4.81. The number of aryl methyl sites for hydroxylation is 1. The van der Waals surface area contributed by atoms with Crippen LogP contribution in [-0.2, 0) is 10.2 Å². The highest BCUT2D eigenvalue weighted by molar-refractivity contribution is 9.10. The molecule has 0 radical (unpaired) electrons. The van der Waals surface area contributed by atoms with Gasteiger partial charge in [0.1, 0.15) is 0 Å². The monoisotopic (exact) mass is 288 g/mol. The summed E-state index contributed by atoms with van der Waals surface area (Å²) >= 11 is 3.05. The number of benzene rings is 1. The molecule has 0 amide bonds. The van der Waals surface area contributed by atoms with Crippen LogP contribution in [0.1, 0.15) is 24.0 Å². The lowest BCUT2D eigenvalue weighted by molar-refractivity contribution is -0.140. The van der Waals surface area contributed by atoms with Crippen molar-refractivity contribution in [2.24, 2.45) is 0 Å². The van der Waals surface area contributed by atoms with Gasteiger partial charge in [-0.25, -0.2) is 4.39 Å². The largest absolute Gasteiger partial charge is 0.504 e. The molecule has 0 heterocycles. The van der Waals surface area contributed by atoms with Gasteiger partial charge >= 0.3 is 5.97 Å². The van der Waals surface area contributed by atoms with Crippen LogP contribution in [0.25, 0.3) is 0 Å². The maximum Gasteiger partial charge on any atom is 0.314 e. The molecule has 1 aliphatic rings. The Bertz CT molecular complexity index is 481. The van der Waals surface area contributed by atoms with Crippen molar-refractivity contribution in [1.29, 1.82) is 0 Å². The summed E-state index contributed by atoms with van der Waals surface area (Å²) in [6, 6.07) is 1.49. The van der Waals surface area contributed by atoms with E-state index in [-0.39, 0.29) is 10.0 Å². The number of halogens is 2. The molecule has 5 heteroatoms. The summed E-state index contributed by atoms with van der Waals surface area (Å²) < 4.78 is 14.1. The van der Waals surface area contributed by atoms with Crippen molar-refractivity contribution in [3.63, 3.8) is 0 Å². The summed E-state index contributed by atoms with van der Waals surface area (Å²) in [6.07, 6.45) is 0.833. The van der Waals surface area contributed by atoms with E-state index in [9.17, 15) is 14.3 Å². The van der Waals surface area contributed by atoms with Crippen LogP contribution in [0.3, 0.4) is 0 Å². The molecular formula is C11H10BrFO3. The van der Waals surface area contributed by atoms with Gasteiger partial charge in [-0.05, 0) is 41.3 Å². The fraction of sp³-hybridized carbons (Fsp3) is 0.364. The van der Waals surface area contributed by atoms with Gasteiger partial charge in [0.25, 0.3) is 0 Å². The SMILES string of the molecule is Cc1cc(C2(C(=O)O)CC2)c(F)c(O)c1Br. The highest BCUT2D eigenvalue weighted by Gasteiger charge is 2.53. The number of carboxylic acids is 1. The summed E-state index contributed by atoms with van der Waals surface area (Å²) in [5.74, 6) is -2.38. The lowest BCUT2D eigenvalue weighted by Crippen LogP contribution is -2.21. The van der Waals surface area contributed by atoms with Crippen molar-refractivity contribution >= 4 is 21.9 Å². The number of rotatable bonds is 2. The van der Waals surface area contributed by atoms with Crippen LogP contribution in [0.2, 0.25) is 0 Å². The molecule has 0 saturated heterocycles. The Hall–Kier alpha value is -1.10. The van der Waals surface area contributed by atoms with E-state index in [4.69, 9.17) is 5.11 Å². The molecule has 2 rings (SSSR count). The smallest absolute Gasteiger partial charge is 0.314 e. The summed E-state index contributed by atoms with van der Waals surface area (Å²) in [6.45, 7) is 1.69. The van der Waals surface area contributed by atoms with Crippen LogP contribution in [0, 0.1) is 12.7 Å². The first kappa shape index (κ1) is 11.4. The zero-order chi connectivity index (χ0) is 12.1. The third kappa shape index (κ3) is 1.42. The average Bonchev–Trinajstić information content (AvgIpc) is 3.01. The van der Waals surface area contributed by atoms with Crippen LogP contribution in [-0.4, -0.2) is 16.2 Å². The van der Waals surface area contributed by atoms with Crippen molar-refractivity contribution in [2.75, 3.05) is 0 Å². The molecule has 1 aromatic rings. The molecule has 0 atom stereocenters. The second-order valence-electron chi connectivity index (χ2n) is 4.10. The van der Waals surface area contributed by atoms with E-state index in [0.29, 0.717) is 18.4 Å². The summed E-state index contributed by atoms with van der Waals surface area (Å²) in [4.78, 5) is 11.1. The molecule has 0 unspecified atom stereocenters. The van der Waals surface area contributed by atoms with Crippen LogP contribution in [0.15, 0.2) is 10.5 Å². The predicted molar refractivity (Wildman–Crippen MR) is 59.0 cm³/mol. The topological polar surface area (TPSA) is 57.5 Å². The quantitative estimate of drug-likeness (QED) is 0.880. The van der Waals surface area contributed by atoms with E-state index in [1.54, 1.807) is 6.92 Å². The van der Waals surface area contributed by atoms with Gasteiger partial charge in [-0.1, -0.05) is 6.07 Å². The Labute approximate surface area is 100 Å². The number of carbonyl (C=O) groups is 1. The molecule has 0 spiro atoms. The lowest BCUT2D eigenvalue weighted by Gasteiger charge is -2.14. The molecule has 3 nitrogen and oxygen atoms in total. The van der Waals surface area contributed by atoms with E-state index >= 15 is 0 Å². The van der Waals surface area contributed by atoms with Crippen LogP contribution >= 0.6 is 15.9 Å². The van der Waals surface area contributed by atoms with E-state index in [1.807, 2.05) is 0 Å². The summed E-state index contributed by atoms with van der Waals surface area (Å²) in [5, 5.41) is 18.6. The standard InChI is InChI=1S/C11H10BrFO3/c1-5-4-6(8(13)9(14)7(5)12)11(2-3-11)10(15)16/h4,14H,2-3H2,1H3,(H,15,16). The maximum atomic E-state index is 13.8. The van der Waals surface area contributed by atoms with Crippen molar-refractivity contribution in [2.45, 2.75) is 25.2 Å². The third-order valence-corrected chi connectivity index (χ3v) is 4.04. The van der Waals surface area contributed by atoms with Gasteiger partial charge in [0.15, 0.2) is 11.6 Å². The van der Waals surface area contributed by atoms with Crippen LogP contribution in [0.4, 0.5) is 4.39 Å². The zero-order valence-electron chi connectivity index (χ0n) is 8.55. The second-order valence-corrected chi connectivity index (χ2v) is 4.90. The van der Waals surface area contributed by atoms with E-state index < -0.39 is 23.0 Å². The van der Waals surface area contributed by atoms with E-state index in [1.165, 1.54) is 6.07 Å². The zero-order valence-corrected chi connectivity index (χ0v) is 10.1. The highest BCUT2D eigenvalue weighted by Crippen LogP contribution is 2.51. The highest BCUT2D eigenvalue weighted by atomic mass is 79.9. The normalized spacial score (nSPS) is 17.2. The van der Waals surface area contributed by atoms with Gasteiger partial charge in [-0.3, -0.25) is 4.79 Å². The van der Waals surface area contributed by atoms with Gasteiger partial charge in [0.2, 0.25) is 0 Å². The number of carboxylic acid groups (broad SMARTS) is 1. The van der Waals surface area contributed by atoms with Gasteiger partial charge in [-0.15, -0.1) is 0 Å². The van der Waals surface area contributed by atoms with Crippen LogP contribution in [0.5, 0.6) is 5.75 Å². The van der Waals surface area contributed by atoms with Crippen molar-refractivity contribution < 1.29 is 19.4 Å². The number of aliphatic carboxylic acids is 1. The second kappa shape index (κ2) is 3.45. The van der Waals surface area contributed by atoms with E-state index in [0.717, 1.165) is 0 Å². The van der Waals surface area contributed by atoms with Gasteiger partial charge in [0, 0.05) is 5.56 Å². The number of phenols is 1. The van der Waals surface area contributed by atoms with Crippen molar-refractivity contribution in [1.82, 2.24) is 0 Å². The Balaban J connectivity index is 2.63. The molecular weight excluding hydrogens is 279 g/mol. The summed E-state index contributed by atoms with van der Waals surface area (Å²) in [5.41, 5.74) is -0.424. The van der Waals surface area contributed by atoms with Gasteiger partial charge in [-0.2, -0.15) is 0 Å². The lowest BCUT2D eigenvalue weighted by atomic mass is 9.93. The van der Waals surface area contributed by atoms with Gasteiger partial charge < -0.3 is 10.2 Å². The first-order valence-corrected chi connectivity index (χ1v) is 5.61. The number of phenolic OH excluding ortho intramolecular Hbond substituents is 1. The van der Waals surface area contributed by atoms with Crippen molar-refractivity contribution in [3.05, 3.63) is 27.5 Å². The average molecular weight is 289 g/mol. The van der Waals surface area contributed by atoms with Crippen LogP contribution < -0.4 is 0 Å². The minimum Gasteiger partial charge on any atom is -0.504 e. The number of aromatic hydroxyl groups is 1. The molecule has 2 N–H and O–H groups in total. The molecule has 1 aromatic carbocycles. The Morgan fingerprint density at radius 3 is 2.56 bits per heavy atom. The van der Waals surface area contributed by atoms with Gasteiger partial charge in [0.05, 0.1) is 9.89 Å². The molecule has 1 fully saturated rings. The minimum absolute atomic E-state index is 0.0817. The Kier molecular flexibility index (Phi) is 2.45. The number of hydrogen-bond donors (Lipinski definition) is 2. The molecule has 0 bridgehead atoms. The first-order chi connectivity index (χ1) is 7.40. The third-order valence-electron chi connectivity index (χ3n) is 3.03. The Morgan fingerprint density at radius 2 is 2.12 bits per heavy atom. The molecule has 1 saturated carbocycles. The fourth-order valence-electron chi connectivity index (χ4n) is 1.83. The molecule has 1 aliphatic carbocycles. The molecule has 0 aromatic heterocycles. The molecule has 0 aliphatic heterocycles. The number of hydrogen-bond acceptors (Lipinski definition) is 2. The summed E-state index contributed by atoms with van der Waals surface area (Å²) in [7, 11) is 0. The minimum atomic E-state index is -1.13. The maximum absolute atomic E-state index is 13.8. The van der Waals surface area contributed by atoms with E-state index in [2.05, 4.69) is 15.9 Å². The van der Waals surface area contributed by atoms with Crippen molar-refractivity contribution in [3.8, 4) is 5.75 Å². The molecule has 86 valence electrons. The predicted octanol–water partition coefficient (Wildman–Crippen LogP) is 2.72. The molecule has 16 heavy (non-hydrogen) atoms. The Morgan fingerprint density at radius 1 is 1.56 bits per heavy atom. The fourth-order valence-corrected chi connectivity index (χ4v) is 2.11.